The van der Waals surface area contributed by atoms with Crippen molar-refractivity contribution in [2.45, 2.75) is 58.1 Å². The monoisotopic (exact) mass is 321 g/mol. The zero-order chi connectivity index (χ0) is 13.0. The van der Waals surface area contributed by atoms with Crippen LogP contribution in [0, 0.1) is 6.92 Å². The summed E-state index contributed by atoms with van der Waals surface area (Å²) in [4.78, 5) is 0.526. The second kappa shape index (κ2) is 6.76. The van der Waals surface area contributed by atoms with Gasteiger partial charge in [-0.3, -0.25) is 4.68 Å². The van der Waals surface area contributed by atoms with Crippen LogP contribution in [0.5, 0.6) is 0 Å². The average molecular weight is 323 g/mol. The van der Waals surface area contributed by atoms with Gasteiger partial charge in [-0.2, -0.15) is 5.10 Å². The number of hydrogen-bond donors (Lipinski definition) is 1. The van der Waals surface area contributed by atoms with Crippen molar-refractivity contribution in [2.24, 2.45) is 0 Å². The highest BCUT2D eigenvalue weighted by molar-refractivity contribution is 9.09. The summed E-state index contributed by atoms with van der Waals surface area (Å²) in [6.45, 7) is 10.00. The number of nitrogens with zero attached hydrogens (tertiary/aromatic N) is 2. The summed E-state index contributed by atoms with van der Waals surface area (Å²) in [6, 6.07) is 0.459. The minimum Gasteiger partial charge on any atom is -0.309 e. The third-order valence-corrected chi connectivity index (χ3v) is 3.61. The van der Waals surface area contributed by atoms with Gasteiger partial charge in [-0.25, -0.2) is 0 Å². The van der Waals surface area contributed by atoms with Gasteiger partial charge in [-0.15, -0.1) is 0 Å². The van der Waals surface area contributed by atoms with Gasteiger partial charge < -0.3 is 5.32 Å². The van der Waals surface area contributed by atoms with Crippen LogP contribution in [0.25, 0.3) is 0 Å². The van der Waals surface area contributed by atoms with Crippen LogP contribution in [-0.4, -0.2) is 20.6 Å². The van der Waals surface area contributed by atoms with Crippen molar-refractivity contribution in [3.8, 4) is 0 Å². The highest BCUT2D eigenvalue weighted by Gasteiger charge is 2.13. The highest BCUT2D eigenvalue weighted by Crippen LogP contribution is 2.20. The van der Waals surface area contributed by atoms with Gasteiger partial charge >= 0.3 is 0 Å². The third-order valence-electron chi connectivity index (χ3n) is 2.75. The van der Waals surface area contributed by atoms with E-state index in [9.17, 15) is 0 Å². The van der Waals surface area contributed by atoms with Crippen molar-refractivity contribution >= 4 is 27.5 Å². The number of halogens is 2. The first-order chi connectivity index (χ1) is 7.95. The molecule has 1 heterocycles. The smallest absolute Gasteiger partial charge is 0.0860 e. The fourth-order valence-corrected chi connectivity index (χ4v) is 2.64. The van der Waals surface area contributed by atoms with E-state index in [0.717, 1.165) is 35.9 Å². The molecule has 2 unspecified atom stereocenters. The first-order valence-corrected chi connectivity index (χ1v) is 7.34. The Kier molecular flexibility index (Phi) is 5.97. The molecule has 2 atom stereocenters. The molecule has 98 valence electrons. The van der Waals surface area contributed by atoms with Crippen LogP contribution >= 0.6 is 27.5 Å². The van der Waals surface area contributed by atoms with Crippen LogP contribution in [0.1, 0.15) is 38.6 Å². The normalized spacial score (nSPS) is 14.9. The molecule has 0 amide bonds. The molecule has 1 N–H and O–H groups in total. The van der Waals surface area contributed by atoms with Gasteiger partial charge in [0.2, 0.25) is 0 Å². The van der Waals surface area contributed by atoms with E-state index in [1.165, 1.54) is 0 Å². The lowest BCUT2D eigenvalue weighted by atomic mass is 10.2. The molecule has 0 aromatic carbocycles. The second-order valence-electron chi connectivity index (χ2n) is 4.46. The van der Waals surface area contributed by atoms with Crippen LogP contribution in [0.4, 0.5) is 0 Å². The number of rotatable bonds is 6. The Morgan fingerprint density at radius 1 is 1.47 bits per heavy atom. The molecular formula is C12H21BrClN3. The lowest BCUT2D eigenvalue weighted by molar-refractivity contribution is 0.493. The summed E-state index contributed by atoms with van der Waals surface area (Å²) in [5.41, 5.74) is 1.99. The Labute approximate surface area is 117 Å². The summed E-state index contributed by atoms with van der Waals surface area (Å²) in [7, 11) is 0. The second-order valence-corrected chi connectivity index (χ2v) is 6.40. The van der Waals surface area contributed by atoms with E-state index in [0.29, 0.717) is 10.9 Å². The number of aromatic nitrogens is 2. The molecule has 1 aromatic rings. The standard InChI is InChI=1S/C12H21BrClN3/c1-5-17-11(12(14)10(4)16-17)7-15-9(3)6-8(2)13/h8-9,15H,5-7H2,1-4H3. The lowest BCUT2D eigenvalue weighted by Crippen LogP contribution is -2.28. The van der Waals surface area contributed by atoms with Gasteiger partial charge in [-0.1, -0.05) is 34.5 Å². The zero-order valence-corrected chi connectivity index (χ0v) is 13.3. The Bertz CT molecular complexity index is 363. The SMILES string of the molecule is CCn1nc(C)c(Cl)c1CNC(C)CC(C)Br. The van der Waals surface area contributed by atoms with Crippen molar-refractivity contribution in [1.82, 2.24) is 15.1 Å². The molecule has 0 saturated carbocycles. The fraction of sp³-hybridized carbons (Fsp3) is 0.750. The largest absolute Gasteiger partial charge is 0.309 e. The molecule has 0 fully saturated rings. The molecule has 0 aliphatic rings. The first kappa shape index (κ1) is 15.0. The number of aryl methyl sites for hydroxylation is 2. The van der Waals surface area contributed by atoms with Crippen LogP contribution in [0.3, 0.4) is 0 Å². The third kappa shape index (κ3) is 4.27. The van der Waals surface area contributed by atoms with Crippen LogP contribution in [-0.2, 0) is 13.1 Å². The van der Waals surface area contributed by atoms with Gasteiger partial charge in [-0.05, 0) is 27.2 Å². The maximum Gasteiger partial charge on any atom is 0.0860 e. The van der Waals surface area contributed by atoms with E-state index in [-0.39, 0.29) is 0 Å². The van der Waals surface area contributed by atoms with Gasteiger partial charge in [0.1, 0.15) is 0 Å². The summed E-state index contributed by atoms with van der Waals surface area (Å²) >= 11 is 9.81. The Morgan fingerprint density at radius 2 is 2.12 bits per heavy atom. The molecule has 0 bridgehead atoms. The molecule has 5 heteroatoms. The molecule has 0 aliphatic carbocycles. The predicted octanol–water partition coefficient (Wildman–Crippen LogP) is 3.52. The summed E-state index contributed by atoms with van der Waals surface area (Å²) in [5.74, 6) is 0. The van der Waals surface area contributed by atoms with E-state index in [1.54, 1.807) is 0 Å². The minimum atomic E-state index is 0.459. The zero-order valence-electron chi connectivity index (χ0n) is 10.9. The van der Waals surface area contributed by atoms with E-state index < -0.39 is 0 Å². The number of nitrogens with one attached hydrogen (secondary N) is 1. The minimum absolute atomic E-state index is 0.459. The average Bonchev–Trinajstić information content (AvgIpc) is 2.51. The molecule has 17 heavy (non-hydrogen) atoms. The molecule has 3 nitrogen and oxygen atoms in total. The number of hydrogen-bond acceptors (Lipinski definition) is 2. The summed E-state index contributed by atoms with van der Waals surface area (Å²) in [6.07, 6.45) is 1.09. The molecule has 0 saturated heterocycles. The van der Waals surface area contributed by atoms with Gasteiger partial charge in [0.25, 0.3) is 0 Å². The summed E-state index contributed by atoms with van der Waals surface area (Å²) in [5, 5.41) is 8.68. The quantitative estimate of drug-likeness (QED) is 0.812. The number of alkyl halides is 1. The van der Waals surface area contributed by atoms with Crippen molar-refractivity contribution in [3.63, 3.8) is 0 Å². The molecule has 1 aromatic heterocycles. The Hall–Kier alpha value is -0.0600. The van der Waals surface area contributed by atoms with Crippen LogP contribution in [0.15, 0.2) is 0 Å². The lowest BCUT2D eigenvalue weighted by Gasteiger charge is -2.15. The topological polar surface area (TPSA) is 29.9 Å². The predicted molar refractivity (Wildman–Crippen MR) is 77.0 cm³/mol. The molecule has 1 rings (SSSR count). The fourth-order valence-electron chi connectivity index (χ4n) is 1.88. The maximum atomic E-state index is 6.25. The summed E-state index contributed by atoms with van der Waals surface area (Å²) < 4.78 is 1.97. The van der Waals surface area contributed by atoms with Gasteiger partial charge in [0.05, 0.1) is 16.4 Å². The van der Waals surface area contributed by atoms with Crippen molar-refractivity contribution in [3.05, 3.63) is 16.4 Å². The molecule has 0 aliphatic heterocycles. The molecular weight excluding hydrogens is 302 g/mol. The van der Waals surface area contributed by atoms with E-state index in [1.807, 2.05) is 11.6 Å². The van der Waals surface area contributed by atoms with E-state index in [2.05, 4.69) is 47.1 Å². The van der Waals surface area contributed by atoms with Gasteiger partial charge in [0, 0.05) is 24.0 Å². The van der Waals surface area contributed by atoms with Crippen molar-refractivity contribution < 1.29 is 0 Å². The first-order valence-electron chi connectivity index (χ1n) is 6.04. The van der Waals surface area contributed by atoms with Crippen molar-refractivity contribution in [2.75, 3.05) is 0 Å². The molecule has 0 spiro atoms. The van der Waals surface area contributed by atoms with Crippen LogP contribution in [0.2, 0.25) is 5.02 Å². The molecule has 0 radical (unpaired) electrons. The van der Waals surface area contributed by atoms with Crippen LogP contribution < -0.4 is 5.32 Å². The van der Waals surface area contributed by atoms with Crippen molar-refractivity contribution in [1.29, 1.82) is 0 Å². The Morgan fingerprint density at radius 3 is 2.65 bits per heavy atom. The van der Waals surface area contributed by atoms with E-state index in [4.69, 9.17) is 11.6 Å². The maximum absolute atomic E-state index is 6.25. The van der Waals surface area contributed by atoms with Gasteiger partial charge in [0.15, 0.2) is 0 Å². The van der Waals surface area contributed by atoms with E-state index >= 15 is 0 Å². The highest BCUT2D eigenvalue weighted by atomic mass is 79.9. The Balaban J connectivity index is 2.62.